The molecule has 1 heterocycles. The molecule has 0 aliphatic carbocycles. The number of hydrogen-bond acceptors (Lipinski definition) is 3. The summed E-state index contributed by atoms with van der Waals surface area (Å²) in [6.45, 7) is 0. The van der Waals surface area contributed by atoms with Crippen LogP contribution in [0.1, 0.15) is 5.69 Å². The van der Waals surface area contributed by atoms with Gasteiger partial charge in [-0.2, -0.15) is 0 Å². The highest BCUT2D eigenvalue weighted by Gasteiger charge is 2.13. The molecule has 0 bridgehead atoms. The van der Waals surface area contributed by atoms with Gasteiger partial charge in [-0.25, -0.2) is 4.98 Å². The SMILES string of the molecule is COc1nc(CBr)cc(Oc2cc(Cl)cc(Br)c2)c1Cl. The molecule has 0 aliphatic heterocycles. The zero-order chi connectivity index (χ0) is 14.7. The van der Waals surface area contributed by atoms with Gasteiger partial charge in [0.1, 0.15) is 10.8 Å². The molecule has 0 aliphatic rings. The molecule has 0 unspecified atom stereocenters. The van der Waals surface area contributed by atoms with Crippen molar-refractivity contribution in [1.29, 1.82) is 0 Å². The third-order valence-electron chi connectivity index (χ3n) is 2.34. The van der Waals surface area contributed by atoms with Crippen molar-refractivity contribution in [3.63, 3.8) is 0 Å². The summed E-state index contributed by atoms with van der Waals surface area (Å²) >= 11 is 18.9. The average molecular weight is 442 g/mol. The molecule has 1 aromatic heterocycles. The highest BCUT2D eigenvalue weighted by Crippen LogP contribution is 2.37. The topological polar surface area (TPSA) is 31.4 Å². The lowest BCUT2D eigenvalue weighted by Gasteiger charge is -2.12. The molecule has 0 saturated carbocycles. The first-order valence-electron chi connectivity index (χ1n) is 5.46. The lowest BCUT2D eigenvalue weighted by Crippen LogP contribution is -1.96. The largest absolute Gasteiger partial charge is 0.480 e. The number of benzene rings is 1. The molecule has 0 spiro atoms. The summed E-state index contributed by atoms with van der Waals surface area (Å²) in [5.41, 5.74) is 0.752. The normalized spacial score (nSPS) is 10.4. The number of hydrogen-bond donors (Lipinski definition) is 0. The summed E-state index contributed by atoms with van der Waals surface area (Å²) in [7, 11) is 1.51. The Balaban J connectivity index is 2.41. The van der Waals surface area contributed by atoms with Crippen LogP contribution in [0.2, 0.25) is 10.0 Å². The van der Waals surface area contributed by atoms with E-state index in [1.165, 1.54) is 7.11 Å². The minimum Gasteiger partial charge on any atom is -0.480 e. The number of alkyl halides is 1. The van der Waals surface area contributed by atoms with Gasteiger partial charge < -0.3 is 9.47 Å². The second kappa shape index (κ2) is 6.98. The van der Waals surface area contributed by atoms with E-state index in [4.69, 9.17) is 32.7 Å². The minimum atomic E-state index is 0.313. The molecule has 1 aromatic carbocycles. The zero-order valence-corrected chi connectivity index (χ0v) is 15.0. The van der Waals surface area contributed by atoms with Crippen molar-refractivity contribution in [2.75, 3.05) is 7.11 Å². The Kier molecular flexibility index (Phi) is 5.55. The van der Waals surface area contributed by atoms with Gasteiger partial charge in [-0.1, -0.05) is 55.1 Å². The molecule has 2 rings (SSSR count). The van der Waals surface area contributed by atoms with Gasteiger partial charge >= 0.3 is 0 Å². The van der Waals surface area contributed by atoms with Crippen LogP contribution in [0.15, 0.2) is 28.7 Å². The molecule has 0 saturated heterocycles. The van der Waals surface area contributed by atoms with E-state index < -0.39 is 0 Å². The van der Waals surface area contributed by atoms with Crippen LogP contribution in [0.3, 0.4) is 0 Å². The van der Waals surface area contributed by atoms with E-state index in [-0.39, 0.29) is 0 Å². The second-order valence-electron chi connectivity index (χ2n) is 3.78. The smallest absolute Gasteiger partial charge is 0.236 e. The zero-order valence-electron chi connectivity index (χ0n) is 10.3. The fraction of sp³-hybridized carbons (Fsp3) is 0.154. The molecule has 3 nitrogen and oxygen atoms in total. The van der Waals surface area contributed by atoms with Crippen LogP contribution in [0.25, 0.3) is 0 Å². The van der Waals surface area contributed by atoms with Crippen molar-refractivity contribution in [2.24, 2.45) is 0 Å². The Labute approximate surface area is 143 Å². The maximum absolute atomic E-state index is 6.19. The molecule has 0 radical (unpaired) electrons. The van der Waals surface area contributed by atoms with Crippen molar-refractivity contribution < 1.29 is 9.47 Å². The summed E-state index contributed by atoms with van der Waals surface area (Å²) in [5, 5.41) is 1.44. The molecule has 7 heteroatoms. The van der Waals surface area contributed by atoms with Gasteiger partial charge in [-0.3, -0.25) is 0 Å². The summed E-state index contributed by atoms with van der Waals surface area (Å²) in [4.78, 5) is 4.23. The van der Waals surface area contributed by atoms with Crippen LogP contribution in [-0.2, 0) is 5.33 Å². The Morgan fingerprint density at radius 3 is 2.55 bits per heavy atom. The van der Waals surface area contributed by atoms with Gasteiger partial charge in [0.05, 0.1) is 12.8 Å². The highest BCUT2D eigenvalue weighted by molar-refractivity contribution is 9.10. The van der Waals surface area contributed by atoms with Gasteiger partial charge in [0, 0.05) is 20.9 Å². The predicted molar refractivity (Wildman–Crippen MR) is 87.7 cm³/mol. The number of rotatable bonds is 4. The molecule has 0 N–H and O–H groups in total. The van der Waals surface area contributed by atoms with Crippen molar-refractivity contribution in [3.8, 4) is 17.4 Å². The number of aromatic nitrogens is 1. The van der Waals surface area contributed by atoms with Crippen molar-refractivity contribution in [1.82, 2.24) is 4.98 Å². The van der Waals surface area contributed by atoms with Crippen LogP contribution >= 0.6 is 55.1 Å². The summed E-state index contributed by atoms with van der Waals surface area (Å²) in [5.74, 6) is 1.35. The average Bonchev–Trinajstić information content (AvgIpc) is 2.40. The maximum Gasteiger partial charge on any atom is 0.236 e. The van der Waals surface area contributed by atoms with E-state index in [0.717, 1.165) is 10.2 Å². The molecule has 20 heavy (non-hydrogen) atoms. The number of nitrogens with zero attached hydrogens (tertiary/aromatic N) is 1. The first-order valence-corrected chi connectivity index (χ1v) is 8.14. The third-order valence-corrected chi connectivity index (χ3v) is 3.94. The Morgan fingerprint density at radius 2 is 1.95 bits per heavy atom. The van der Waals surface area contributed by atoms with Crippen molar-refractivity contribution in [2.45, 2.75) is 5.33 Å². The second-order valence-corrected chi connectivity index (χ2v) is 6.07. The molecule has 0 atom stereocenters. The van der Waals surface area contributed by atoms with Gasteiger partial charge in [-0.15, -0.1) is 0 Å². The van der Waals surface area contributed by atoms with Crippen LogP contribution in [0.4, 0.5) is 0 Å². The predicted octanol–water partition coefficient (Wildman–Crippen LogP) is 5.85. The molecule has 0 amide bonds. The van der Waals surface area contributed by atoms with Gasteiger partial charge in [0.15, 0.2) is 5.75 Å². The quantitative estimate of drug-likeness (QED) is 0.558. The van der Waals surface area contributed by atoms with Gasteiger partial charge in [-0.05, 0) is 18.2 Å². The molecule has 0 fully saturated rings. The Bertz CT molecular complexity index is 618. The van der Waals surface area contributed by atoms with E-state index in [1.54, 1.807) is 24.3 Å². The van der Waals surface area contributed by atoms with E-state index in [1.807, 2.05) is 0 Å². The number of pyridine rings is 1. The Hall–Kier alpha value is -0.490. The highest BCUT2D eigenvalue weighted by atomic mass is 79.9. The fourth-order valence-electron chi connectivity index (χ4n) is 1.52. The van der Waals surface area contributed by atoms with Crippen molar-refractivity contribution in [3.05, 3.63) is 44.5 Å². The standard InChI is InChI=1S/C13H9Br2Cl2NO2/c1-19-13-12(17)11(5-9(6-14)18-13)20-10-3-7(15)2-8(16)4-10/h2-5H,6H2,1H3. The van der Waals surface area contributed by atoms with Gasteiger partial charge in [0.25, 0.3) is 0 Å². The summed E-state index contributed by atoms with van der Waals surface area (Å²) in [6.07, 6.45) is 0. The van der Waals surface area contributed by atoms with Gasteiger partial charge in [0.2, 0.25) is 5.88 Å². The maximum atomic E-state index is 6.19. The monoisotopic (exact) mass is 439 g/mol. The molecular weight excluding hydrogens is 433 g/mol. The summed E-state index contributed by atoms with van der Waals surface area (Å²) < 4.78 is 11.7. The van der Waals surface area contributed by atoms with E-state index in [0.29, 0.717) is 32.8 Å². The van der Waals surface area contributed by atoms with Crippen LogP contribution in [0, 0.1) is 0 Å². The van der Waals surface area contributed by atoms with Crippen LogP contribution in [0.5, 0.6) is 17.4 Å². The van der Waals surface area contributed by atoms with E-state index in [9.17, 15) is 0 Å². The third kappa shape index (κ3) is 3.79. The van der Waals surface area contributed by atoms with E-state index in [2.05, 4.69) is 36.8 Å². The fourth-order valence-corrected chi connectivity index (χ4v) is 2.85. The minimum absolute atomic E-state index is 0.313. The molecule has 106 valence electrons. The lowest BCUT2D eigenvalue weighted by atomic mass is 10.3. The van der Waals surface area contributed by atoms with Crippen molar-refractivity contribution >= 4 is 55.1 Å². The van der Waals surface area contributed by atoms with E-state index >= 15 is 0 Å². The first kappa shape index (κ1) is 15.9. The molecular formula is C13H9Br2Cl2NO2. The lowest BCUT2D eigenvalue weighted by molar-refractivity contribution is 0.391. The van der Waals surface area contributed by atoms with Crippen LogP contribution < -0.4 is 9.47 Å². The number of halogens is 4. The Morgan fingerprint density at radius 1 is 1.20 bits per heavy atom. The summed E-state index contributed by atoms with van der Waals surface area (Å²) in [6, 6.07) is 7.01. The first-order chi connectivity index (χ1) is 9.53. The molecule has 2 aromatic rings. The van der Waals surface area contributed by atoms with Crippen LogP contribution in [-0.4, -0.2) is 12.1 Å². The number of ether oxygens (including phenoxy) is 2. The number of methoxy groups -OCH3 is 1.